The van der Waals surface area contributed by atoms with Gasteiger partial charge in [0.2, 0.25) is 10.0 Å². The fourth-order valence-electron chi connectivity index (χ4n) is 1.69. The van der Waals surface area contributed by atoms with E-state index in [1.807, 2.05) is 6.92 Å². The first-order chi connectivity index (χ1) is 8.84. The molecule has 0 atom stereocenters. The lowest BCUT2D eigenvalue weighted by atomic mass is 10.3. The van der Waals surface area contributed by atoms with Crippen LogP contribution in [0.1, 0.15) is 26.7 Å². The van der Waals surface area contributed by atoms with Crippen molar-refractivity contribution >= 4 is 27.3 Å². The van der Waals surface area contributed by atoms with E-state index in [9.17, 15) is 12.8 Å². The average Bonchev–Trinajstić information content (AvgIpc) is 2.34. The molecule has 0 heterocycles. The lowest BCUT2D eigenvalue weighted by Gasteiger charge is -2.21. The molecule has 0 aliphatic rings. The van der Waals surface area contributed by atoms with Gasteiger partial charge in [-0.1, -0.05) is 31.9 Å². The Morgan fingerprint density at radius 1 is 1.37 bits per heavy atom. The minimum absolute atomic E-state index is 0.122. The van der Waals surface area contributed by atoms with E-state index in [4.69, 9.17) is 17.3 Å². The van der Waals surface area contributed by atoms with Gasteiger partial charge in [-0.05, 0) is 18.6 Å². The highest BCUT2D eigenvalue weighted by atomic mass is 35.5. The van der Waals surface area contributed by atoms with Crippen LogP contribution >= 0.6 is 11.6 Å². The van der Waals surface area contributed by atoms with Crippen LogP contribution in [0.2, 0.25) is 5.02 Å². The highest BCUT2D eigenvalue weighted by molar-refractivity contribution is 7.89. The third-order valence-electron chi connectivity index (χ3n) is 2.75. The topological polar surface area (TPSA) is 63.4 Å². The van der Waals surface area contributed by atoms with Gasteiger partial charge in [-0.15, -0.1) is 0 Å². The molecule has 0 saturated carbocycles. The average molecular weight is 309 g/mol. The molecule has 0 aliphatic carbocycles. The van der Waals surface area contributed by atoms with Crippen LogP contribution in [0.15, 0.2) is 17.0 Å². The van der Waals surface area contributed by atoms with Gasteiger partial charge in [-0.3, -0.25) is 0 Å². The van der Waals surface area contributed by atoms with Crippen molar-refractivity contribution in [2.24, 2.45) is 0 Å². The minimum atomic E-state index is -3.91. The van der Waals surface area contributed by atoms with Gasteiger partial charge in [0.15, 0.2) is 5.82 Å². The van der Waals surface area contributed by atoms with Gasteiger partial charge < -0.3 is 5.73 Å². The van der Waals surface area contributed by atoms with Gasteiger partial charge in [0.05, 0.1) is 5.02 Å². The summed E-state index contributed by atoms with van der Waals surface area (Å²) in [5, 5.41) is -0.287. The Morgan fingerprint density at radius 2 is 2.00 bits per heavy atom. The van der Waals surface area contributed by atoms with E-state index in [1.54, 1.807) is 6.92 Å². The molecule has 4 nitrogen and oxygen atoms in total. The Hall–Kier alpha value is -0.850. The Labute approximate surface area is 118 Å². The smallest absolute Gasteiger partial charge is 0.246 e. The molecule has 0 spiro atoms. The second-order valence-corrected chi connectivity index (χ2v) is 6.48. The highest BCUT2D eigenvalue weighted by Crippen LogP contribution is 2.28. The van der Waals surface area contributed by atoms with Crippen molar-refractivity contribution in [3.8, 4) is 0 Å². The molecule has 1 aromatic carbocycles. The lowest BCUT2D eigenvalue weighted by molar-refractivity contribution is 0.415. The number of nitrogens with two attached hydrogens (primary N) is 1. The Balaban J connectivity index is 3.25. The quantitative estimate of drug-likeness (QED) is 0.822. The van der Waals surface area contributed by atoms with E-state index in [2.05, 4.69) is 0 Å². The van der Waals surface area contributed by atoms with Crippen molar-refractivity contribution in [1.82, 2.24) is 4.31 Å². The zero-order chi connectivity index (χ0) is 14.6. The molecule has 0 amide bonds. The predicted octanol–water partition coefficient (Wildman–Crippen LogP) is 2.87. The van der Waals surface area contributed by atoms with Crippen LogP contribution < -0.4 is 5.73 Å². The molecule has 0 saturated heterocycles. The first-order valence-electron chi connectivity index (χ1n) is 6.09. The fraction of sp³-hybridized carbons (Fsp3) is 0.500. The Kier molecular flexibility index (Phi) is 5.58. The maximum atomic E-state index is 13.9. The van der Waals surface area contributed by atoms with Gasteiger partial charge >= 0.3 is 0 Å². The van der Waals surface area contributed by atoms with Crippen LogP contribution in [0, 0.1) is 5.82 Å². The van der Waals surface area contributed by atoms with Crippen molar-refractivity contribution in [3.63, 3.8) is 0 Å². The minimum Gasteiger partial charge on any atom is -0.399 e. The standard InChI is InChI=1S/C12H18ClFN2O2S/c1-3-5-6-16(4-2)19(17,18)11-8-9(15)7-10(13)12(11)14/h7-8H,3-6,15H2,1-2H3. The zero-order valence-electron chi connectivity index (χ0n) is 11.0. The van der Waals surface area contributed by atoms with E-state index in [-0.39, 0.29) is 17.3 Å². The maximum absolute atomic E-state index is 13.9. The Morgan fingerprint density at radius 3 is 2.53 bits per heavy atom. The maximum Gasteiger partial charge on any atom is 0.246 e. The van der Waals surface area contributed by atoms with Crippen LogP contribution in [-0.4, -0.2) is 25.8 Å². The van der Waals surface area contributed by atoms with Crippen molar-refractivity contribution in [3.05, 3.63) is 23.0 Å². The summed E-state index contributed by atoms with van der Waals surface area (Å²) in [6.45, 7) is 4.28. The van der Waals surface area contributed by atoms with Crippen molar-refractivity contribution < 1.29 is 12.8 Å². The Bertz CT molecular complexity index is 549. The molecule has 108 valence electrons. The zero-order valence-corrected chi connectivity index (χ0v) is 12.6. The molecule has 19 heavy (non-hydrogen) atoms. The molecule has 0 aliphatic heterocycles. The van der Waals surface area contributed by atoms with E-state index < -0.39 is 20.7 Å². The highest BCUT2D eigenvalue weighted by Gasteiger charge is 2.27. The van der Waals surface area contributed by atoms with Crippen LogP contribution in [0.4, 0.5) is 10.1 Å². The number of benzene rings is 1. The van der Waals surface area contributed by atoms with Crippen LogP contribution in [-0.2, 0) is 10.0 Å². The number of anilines is 1. The van der Waals surface area contributed by atoms with Crippen LogP contribution in [0.3, 0.4) is 0 Å². The van der Waals surface area contributed by atoms with Gasteiger partial charge in [0.25, 0.3) is 0 Å². The molecule has 7 heteroatoms. The summed E-state index contributed by atoms with van der Waals surface area (Å²) in [6.07, 6.45) is 1.57. The number of nitrogens with zero attached hydrogens (tertiary/aromatic N) is 1. The number of unbranched alkanes of at least 4 members (excludes halogenated alkanes) is 1. The molecule has 0 radical (unpaired) electrons. The van der Waals surface area contributed by atoms with Crippen molar-refractivity contribution in [2.45, 2.75) is 31.6 Å². The van der Waals surface area contributed by atoms with Gasteiger partial charge in [-0.2, -0.15) is 4.31 Å². The molecule has 1 aromatic rings. The number of halogens is 2. The van der Waals surface area contributed by atoms with Gasteiger partial charge in [-0.25, -0.2) is 12.8 Å². The normalized spacial score (nSPS) is 12.1. The van der Waals surface area contributed by atoms with E-state index in [0.717, 1.165) is 12.5 Å². The number of nitrogen functional groups attached to an aromatic ring is 1. The second-order valence-electron chi connectivity index (χ2n) is 4.17. The molecular formula is C12H18ClFN2O2S. The molecule has 1 rings (SSSR count). The van der Waals surface area contributed by atoms with Crippen molar-refractivity contribution in [1.29, 1.82) is 0 Å². The summed E-state index contributed by atoms with van der Waals surface area (Å²) >= 11 is 5.64. The lowest BCUT2D eigenvalue weighted by Crippen LogP contribution is -2.32. The molecule has 0 unspecified atom stereocenters. The summed E-state index contributed by atoms with van der Waals surface area (Å²) in [6, 6.07) is 2.30. The molecular weight excluding hydrogens is 291 g/mol. The molecule has 0 fully saturated rings. The second kappa shape index (κ2) is 6.54. The number of rotatable bonds is 6. The summed E-state index contributed by atoms with van der Waals surface area (Å²) in [4.78, 5) is -0.463. The summed E-state index contributed by atoms with van der Waals surface area (Å²) in [5.74, 6) is -0.953. The van der Waals surface area contributed by atoms with Crippen molar-refractivity contribution in [2.75, 3.05) is 18.8 Å². The van der Waals surface area contributed by atoms with Gasteiger partial charge in [0.1, 0.15) is 4.90 Å². The largest absolute Gasteiger partial charge is 0.399 e. The number of hydrogen-bond acceptors (Lipinski definition) is 3. The number of hydrogen-bond donors (Lipinski definition) is 1. The molecule has 2 N–H and O–H groups in total. The molecule has 0 bridgehead atoms. The van der Waals surface area contributed by atoms with E-state index >= 15 is 0 Å². The first-order valence-corrected chi connectivity index (χ1v) is 7.91. The fourth-order valence-corrected chi connectivity index (χ4v) is 3.59. The van der Waals surface area contributed by atoms with Gasteiger partial charge in [0, 0.05) is 18.8 Å². The monoisotopic (exact) mass is 308 g/mol. The first kappa shape index (κ1) is 16.2. The van der Waals surface area contributed by atoms with Crippen LogP contribution in [0.5, 0.6) is 0 Å². The summed E-state index contributed by atoms with van der Waals surface area (Å²) in [7, 11) is -3.91. The third kappa shape index (κ3) is 3.58. The SMILES string of the molecule is CCCCN(CC)S(=O)(=O)c1cc(N)cc(Cl)c1F. The van der Waals surface area contributed by atoms with Crippen LogP contribution in [0.25, 0.3) is 0 Å². The third-order valence-corrected chi connectivity index (χ3v) is 5.00. The van der Waals surface area contributed by atoms with E-state index in [1.165, 1.54) is 10.4 Å². The van der Waals surface area contributed by atoms with E-state index in [0.29, 0.717) is 13.0 Å². The molecule has 0 aromatic heterocycles. The number of sulfonamides is 1. The predicted molar refractivity (Wildman–Crippen MR) is 75.2 cm³/mol. The summed E-state index contributed by atoms with van der Waals surface area (Å²) in [5.41, 5.74) is 5.65. The summed E-state index contributed by atoms with van der Waals surface area (Å²) < 4.78 is 39.9.